The van der Waals surface area contributed by atoms with Crippen LogP contribution in [0.15, 0.2) is 36.5 Å². The van der Waals surface area contributed by atoms with Crippen molar-refractivity contribution in [2.75, 3.05) is 0 Å². The summed E-state index contributed by atoms with van der Waals surface area (Å²) in [6.45, 7) is 3.70. The minimum atomic E-state index is -0.451. The van der Waals surface area contributed by atoms with Gasteiger partial charge >= 0.3 is 0 Å². The Hall–Kier alpha value is -3.00. The fourth-order valence-electron chi connectivity index (χ4n) is 1.92. The standard InChI is InChI=1S/C16H13N3O2/c1-11-3-6-16(19(20)21)14(7-11)8-15(9-17)13-5-4-12(2)18-10-13/h3-8,10H,1-2H3/b15-8+. The van der Waals surface area contributed by atoms with Gasteiger partial charge in [-0.15, -0.1) is 0 Å². The molecule has 0 N–H and O–H groups in total. The topological polar surface area (TPSA) is 79.8 Å². The molecule has 0 spiro atoms. The molecule has 0 amide bonds. The Kier molecular flexibility index (Phi) is 4.10. The van der Waals surface area contributed by atoms with Crippen LogP contribution in [-0.4, -0.2) is 9.91 Å². The normalized spacial score (nSPS) is 11.0. The third-order valence-electron chi connectivity index (χ3n) is 3.02. The lowest BCUT2D eigenvalue weighted by Gasteiger charge is -2.02. The van der Waals surface area contributed by atoms with Gasteiger partial charge in [0.2, 0.25) is 0 Å². The molecule has 21 heavy (non-hydrogen) atoms. The van der Waals surface area contributed by atoms with Gasteiger partial charge in [-0.3, -0.25) is 15.1 Å². The highest BCUT2D eigenvalue weighted by Crippen LogP contribution is 2.25. The SMILES string of the molecule is Cc1ccc([N+](=O)[O-])c(/C=C(\C#N)c2ccc(C)nc2)c1. The third-order valence-corrected chi connectivity index (χ3v) is 3.02. The summed E-state index contributed by atoms with van der Waals surface area (Å²) in [6.07, 6.45) is 3.11. The molecule has 0 aliphatic rings. The highest BCUT2D eigenvalue weighted by Gasteiger charge is 2.13. The molecular weight excluding hydrogens is 266 g/mol. The van der Waals surface area contributed by atoms with Crippen molar-refractivity contribution < 1.29 is 4.92 Å². The quantitative estimate of drug-likeness (QED) is 0.487. The van der Waals surface area contributed by atoms with Crippen LogP contribution in [0.5, 0.6) is 0 Å². The zero-order valence-electron chi connectivity index (χ0n) is 11.7. The van der Waals surface area contributed by atoms with E-state index in [4.69, 9.17) is 0 Å². The van der Waals surface area contributed by atoms with Gasteiger partial charge in [0, 0.05) is 23.5 Å². The summed E-state index contributed by atoms with van der Waals surface area (Å²) in [4.78, 5) is 14.8. The first-order valence-electron chi connectivity index (χ1n) is 6.31. The predicted octanol–water partition coefficient (Wildman–Crippen LogP) is 3.67. The summed E-state index contributed by atoms with van der Waals surface area (Å²) in [5.74, 6) is 0. The largest absolute Gasteiger partial charge is 0.276 e. The lowest BCUT2D eigenvalue weighted by molar-refractivity contribution is -0.385. The van der Waals surface area contributed by atoms with E-state index in [0.29, 0.717) is 16.7 Å². The van der Waals surface area contributed by atoms with Crippen molar-refractivity contribution in [1.29, 1.82) is 5.26 Å². The van der Waals surface area contributed by atoms with Gasteiger partial charge in [0.25, 0.3) is 5.69 Å². The van der Waals surface area contributed by atoms with Crippen molar-refractivity contribution in [3.63, 3.8) is 0 Å². The molecule has 2 aromatic rings. The molecule has 0 aliphatic carbocycles. The van der Waals surface area contributed by atoms with Gasteiger partial charge < -0.3 is 0 Å². The maximum Gasteiger partial charge on any atom is 0.276 e. The minimum Gasteiger partial charge on any atom is -0.261 e. The Morgan fingerprint density at radius 1 is 1.33 bits per heavy atom. The van der Waals surface area contributed by atoms with Crippen molar-refractivity contribution >= 4 is 17.3 Å². The van der Waals surface area contributed by atoms with E-state index in [9.17, 15) is 15.4 Å². The van der Waals surface area contributed by atoms with Crippen LogP contribution in [0, 0.1) is 35.3 Å². The Morgan fingerprint density at radius 3 is 2.67 bits per heavy atom. The smallest absolute Gasteiger partial charge is 0.261 e. The molecule has 5 heteroatoms. The molecular formula is C16H13N3O2. The molecule has 2 rings (SSSR count). The molecule has 1 aromatic heterocycles. The summed E-state index contributed by atoms with van der Waals surface area (Å²) < 4.78 is 0. The molecule has 104 valence electrons. The van der Waals surface area contributed by atoms with Gasteiger partial charge in [0.05, 0.1) is 22.1 Å². The average Bonchev–Trinajstić information content (AvgIpc) is 2.45. The monoisotopic (exact) mass is 279 g/mol. The minimum absolute atomic E-state index is 0.0200. The Balaban J connectivity index is 2.55. The maximum atomic E-state index is 11.1. The number of pyridine rings is 1. The number of aromatic nitrogens is 1. The van der Waals surface area contributed by atoms with Crippen molar-refractivity contribution in [3.8, 4) is 6.07 Å². The first-order chi connectivity index (χ1) is 10.0. The number of nitro groups is 1. The molecule has 0 saturated heterocycles. The van der Waals surface area contributed by atoms with Gasteiger partial charge in [-0.2, -0.15) is 5.26 Å². The second kappa shape index (κ2) is 5.97. The maximum absolute atomic E-state index is 11.1. The summed E-state index contributed by atoms with van der Waals surface area (Å²) in [7, 11) is 0. The number of aryl methyl sites for hydroxylation is 2. The van der Waals surface area contributed by atoms with Gasteiger partial charge in [0.15, 0.2) is 0 Å². The lowest BCUT2D eigenvalue weighted by atomic mass is 10.0. The molecule has 0 atom stereocenters. The molecule has 0 saturated carbocycles. The van der Waals surface area contributed by atoms with Crippen LogP contribution in [0.1, 0.15) is 22.4 Å². The number of hydrogen-bond donors (Lipinski definition) is 0. The Morgan fingerprint density at radius 2 is 2.10 bits per heavy atom. The summed E-state index contributed by atoms with van der Waals surface area (Å²) in [5.41, 5.74) is 3.12. The number of benzene rings is 1. The predicted molar refractivity (Wildman–Crippen MR) is 80.3 cm³/mol. The molecule has 0 bridgehead atoms. The number of nitro benzene ring substituents is 1. The zero-order chi connectivity index (χ0) is 15.4. The lowest BCUT2D eigenvalue weighted by Crippen LogP contribution is -1.93. The van der Waals surface area contributed by atoms with E-state index >= 15 is 0 Å². The van der Waals surface area contributed by atoms with E-state index in [1.54, 1.807) is 30.5 Å². The zero-order valence-corrected chi connectivity index (χ0v) is 11.7. The van der Waals surface area contributed by atoms with E-state index in [1.807, 2.05) is 13.8 Å². The van der Waals surface area contributed by atoms with E-state index in [1.165, 1.54) is 12.1 Å². The van der Waals surface area contributed by atoms with Crippen LogP contribution in [0.4, 0.5) is 5.69 Å². The third kappa shape index (κ3) is 3.31. The van der Waals surface area contributed by atoms with Crippen molar-refractivity contribution in [1.82, 2.24) is 4.98 Å². The number of hydrogen-bond acceptors (Lipinski definition) is 4. The Labute approximate surface area is 122 Å². The second-order valence-electron chi connectivity index (χ2n) is 4.68. The van der Waals surface area contributed by atoms with Gasteiger partial charge in [-0.1, -0.05) is 17.7 Å². The van der Waals surface area contributed by atoms with E-state index < -0.39 is 4.92 Å². The van der Waals surface area contributed by atoms with Crippen molar-refractivity contribution in [2.45, 2.75) is 13.8 Å². The number of nitrogens with zero attached hydrogens (tertiary/aromatic N) is 3. The molecule has 0 aliphatic heterocycles. The molecule has 0 radical (unpaired) electrons. The fourth-order valence-corrected chi connectivity index (χ4v) is 1.92. The summed E-state index contributed by atoms with van der Waals surface area (Å²) >= 11 is 0. The molecule has 5 nitrogen and oxygen atoms in total. The van der Waals surface area contributed by atoms with Crippen molar-refractivity contribution in [3.05, 3.63) is 69.0 Å². The highest BCUT2D eigenvalue weighted by atomic mass is 16.6. The molecule has 0 unspecified atom stereocenters. The Bertz CT molecular complexity index is 756. The first-order valence-corrected chi connectivity index (χ1v) is 6.31. The van der Waals surface area contributed by atoms with Gasteiger partial charge in [-0.05, 0) is 32.1 Å². The average molecular weight is 279 g/mol. The van der Waals surface area contributed by atoms with E-state index in [0.717, 1.165) is 11.3 Å². The first kappa shape index (κ1) is 14.4. The highest BCUT2D eigenvalue weighted by molar-refractivity contribution is 5.91. The van der Waals surface area contributed by atoms with E-state index in [2.05, 4.69) is 11.1 Å². The van der Waals surface area contributed by atoms with Crippen LogP contribution in [0.25, 0.3) is 11.6 Å². The summed E-state index contributed by atoms with van der Waals surface area (Å²) in [6, 6.07) is 10.5. The number of rotatable bonds is 3. The number of nitriles is 1. The van der Waals surface area contributed by atoms with Gasteiger partial charge in [-0.25, -0.2) is 0 Å². The number of allylic oxidation sites excluding steroid dienone is 1. The molecule has 1 heterocycles. The van der Waals surface area contributed by atoms with Crippen LogP contribution in [-0.2, 0) is 0 Å². The fraction of sp³-hybridized carbons (Fsp3) is 0.125. The van der Waals surface area contributed by atoms with E-state index in [-0.39, 0.29) is 5.69 Å². The van der Waals surface area contributed by atoms with Crippen LogP contribution in [0.2, 0.25) is 0 Å². The van der Waals surface area contributed by atoms with Crippen molar-refractivity contribution in [2.24, 2.45) is 0 Å². The van der Waals surface area contributed by atoms with Crippen LogP contribution < -0.4 is 0 Å². The molecule has 0 fully saturated rings. The second-order valence-corrected chi connectivity index (χ2v) is 4.68. The van der Waals surface area contributed by atoms with Gasteiger partial charge in [0.1, 0.15) is 0 Å². The summed E-state index contributed by atoms with van der Waals surface area (Å²) in [5, 5.41) is 20.4. The molecule has 1 aromatic carbocycles. The van der Waals surface area contributed by atoms with Crippen LogP contribution in [0.3, 0.4) is 0 Å². The van der Waals surface area contributed by atoms with Crippen LogP contribution >= 0.6 is 0 Å².